The number of hydrogen-bond acceptors (Lipinski definition) is 16. The Hall–Kier alpha value is 0.697. The first-order valence-electron chi connectivity index (χ1n) is 2.67. The molecule has 0 bridgehead atoms. The zero-order valence-corrected chi connectivity index (χ0v) is 19.1. The second kappa shape index (κ2) is 22.7. The van der Waals surface area contributed by atoms with Crippen LogP contribution in [0.4, 0.5) is 0 Å². The predicted molar refractivity (Wildman–Crippen MR) is 65.8 cm³/mol. The normalized spacial score (nSPS) is 9.28. The molecule has 20 nitrogen and oxygen atoms in total. The summed E-state index contributed by atoms with van der Waals surface area (Å²) in [4.78, 5) is 0. The molecule has 25 heteroatoms. The van der Waals surface area contributed by atoms with Crippen LogP contribution in [0.5, 0.6) is 0 Å². The van der Waals surface area contributed by atoms with Crippen LogP contribution >= 0.6 is 0 Å². The predicted octanol–water partition coefficient (Wildman–Crippen LogP) is -3.85. The zero-order chi connectivity index (χ0) is 18.0. The molecule has 0 atom stereocenters. The topological polar surface area (TPSA) is 467 Å². The Balaban J connectivity index is -0.0000000183. The van der Waals surface area contributed by atoms with Crippen molar-refractivity contribution in [1.29, 1.82) is 0 Å². The van der Waals surface area contributed by atoms with Crippen LogP contribution in [0.15, 0.2) is 0 Å². The van der Waals surface area contributed by atoms with Crippen LogP contribution in [-0.4, -0.2) is 70.1 Å². The molecule has 0 fully saturated rings. The van der Waals surface area contributed by atoms with Crippen molar-refractivity contribution in [2.75, 3.05) is 0 Å². The van der Waals surface area contributed by atoms with Gasteiger partial charge in [0.2, 0.25) is 0 Å². The molecule has 16 N–H and O–H groups in total. The van der Waals surface area contributed by atoms with Crippen molar-refractivity contribution in [3.63, 3.8) is 0 Å². The molecule has 0 heterocycles. The number of quaternary nitrogens is 4. The average Bonchev–Trinajstić information content (AvgIpc) is 1.62. The summed E-state index contributed by atoms with van der Waals surface area (Å²) in [5.41, 5.74) is 0. The molecule has 0 amide bonds. The molecule has 0 aliphatic carbocycles. The Morgan fingerprint density at radius 1 is 0.320 bits per heavy atom. The maximum absolute atomic E-state index is 8.52. The molecule has 0 aromatic rings. The van der Waals surface area contributed by atoms with Gasteiger partial charge in [-0.25, -0.2) is 0 Å². The Morgan fingerprint density at radius 3 is 0.320 bits per heavy atom. The summed E-state index contributed by atoms with van der Waals surface area (Å²) >= 11 is 0. The number of hydrogen-bond donors (Lipinski definition) is 4. The van der Waals surface area contributed by atoms with Crippen LogP contribution in [0, 0.1) is 41.7 Å². The molecule has 25 heavy (non-hydrogen) atoms. The van der Waals surface area contributed by atoms with Crippen molar-refractivity contribution in [2.45, 2.75) is 0 Å². The van der Waals surface area contributed by atoms with E-state index in [0.29, 0.717) is 0 Å². The van der Waals surface area contributed by atoms with E-state index in [4.69, 9.17) is 70.1 Å². The molecule has 0 radical (unpaired) electrons. The molecular formula is H16CeN4O16S4-4. The van der Waals surface area contributed by atoms with Crippen LogP contribution < -0.4 is 24.6 Å². The molecule has 0 aliphatic rings. The van der Waals surface area contributed by atoms with E-state index < -0.39 is 41.6 Å². The molecule has 0 aliphatic heterocycles. The summed E-state index contributed by atoms with van der Waals surface area (Å²) < 4.78 is 136. The third-order valence-corrected chi connectivity index (χ3v) is 0. The second-order valence-electron chi connectivity index (χ2n) is 1.63. The van der Waals surface area contributed by atoms with E-state index in [1.165, 1.54) is 0 Å². The summed E-state index contributed by atoms with van der Waals surface area (Å²) in [6.45, 7) is 0. The third-order valence-electron chi connectivity index (χ3n) is 0. The Morgan fingerprint density at radius 2 is 0.320 bits per heavy atom. The van der Waals surface area contributed by atoms with Crippen LogP contribution in [0.1, 0.15) is 0 Å². The quantitative estimate of drug-likeness (QED) is 0.153. The maximum Gasteiger partial charge on any atom is 0.0311 e. The van der Waals surface area contributed by atoms with E-state index in [-0.39, 0.29) is 66.3 Å². The van der Waals surface area contributed by atoms with Gasteiger partial charge in [0.05, 0.1) is 0 Å². The maximum atomic E-state index is 8.52. The van der Waals surface area contributed by atoms with Crippen LogP contribution in [-0.2, 0) is 41.6 Å². The fourth-order valence-corrected chi connectivity index (χ4v) is 0. The summed E-state index contributed by atoms with van der Waals surface area (Å²) in [7, 11) is -20.7. The first kappa shape index (κ1) is 56.2. The van der Waals surface area contributed by atoms with Crippen LogP contribution in [0.25, 0.3) is 0 Å². The number of rotatable bonds is 0. The van der Waals surface area contributed by atoms with Gasteiger partial charge in [-0.05, 0) is 0 Å². The monoisotopic (exact) mass is 596 g/mol. The average molecular weight is 597 g/mol. The summed E-state index contributed by atoms with van der Waals surface area (Å²) in [6, 6.07) is 0. The zero-order valence-electron chi connectivity index (χ0n) is 12.7. The van der Waals surface area contributed by atoms with Gasteiger partial charge in [-0.3, -0.25) is 33.7 Å². The molecule has 0 aromatic carbocycles. The Labute approximate surface area is 176 Å². The van der Waals surface area contributed by atoms with Gasteiger partial charge < -0.3 is 61.0 Å². The van der Waals surface area contributed by atoms with Gasteiger partial charge >= 0.3 is 0 Å². The van der Waals surface area contributed by atoms with Crippen LogP contribution in [0.2, 0.25) is 0 Å². The van der Waals surface area contributed by atoms with Crippen molar-refractivity contribution in [2.24, 2.45) is 0 Å². The van der Waals surface area contributed by atoms with Crippen molar-refractivity contribution in [1.82, 2.24) is 24.6 Å². The minimum absolute atomic E-state index is 0. The smallest absolute Gasteiger partial charge is 0.0311 e. The molecule has 0 saturated carbocycles. The molecule has 164 valence electrons. The van der Waals surface area contributed by atoms with Crippen molar-refractivity contribution < 1.29 is 112 Å². The van der Waals surface area contributed by atoms with E-state index in [1.54, 1.807) is 0 Å². The summed E-state index contributed by atoms with van der Waals surface area (Å²) in [5.74, 6) is 0. The van der Waals surface area contributed by atoms with Gasteiger partial charge in [-0.1, -0.05) is 0 Å². The largest absolute Gasteiger partial charge is 0.759 e. The van der Waals surface area contributed by atoms with Gasteiger partial charge in [0.15, 0.2) is 0 Å². The van der Waals surface area contributed by atoms with Gasteiger partial charge in [0, 0.05) is 83.3 Å². The summed E-state index contributed by atoms with van der Waals surface area (Å²) in [5, 5.41) is 0. The fraction of sp³-hybridized carbons (Fsp3) is 0. The van der Waals surface area contributed by atoms with Gasteiger partial charge in [-0.15, -0.1) is 0 Å². The first-order valence-corrected chi connectivity index (χ1v) is 8.00. The molecular weight excluding hydrogens is 580 g/mol. The van der Waals surface area contributed by atoms with E-state index in [9.17, 15) is 0 Å². The second-order valence-corrected chi connectivity index (χ2v) is 4.90. The van der Waals surface area contributed by atoms with E-state index in [2.05, 4.69) is 0 Å². The first-order chi connectivity index (χ1) is 8.00. The minimum Gasteiger partial charge on any atom is -0.759 e. The Bertz CT molecular complexity index is 489. The van der Waals surface area contributed by atoms with Gasteiger partial charge in [-0.2, -0.15) is 0 Å². The molecule has 0 unspecified atom stereocenters. The fourth-order valence-electron chi connectivity index (χ4n) is 0. The van der Waals surface area contributed by atoms with Gasteiger partial charge in [0.1, 0.15) is 0 Å². The van der Waals surface area contributed by atoms with Crippen molar-refractivity contribution in [3.05, 3.63) is 0 Å². The van der Waals surface area contributed by atoms with Crippen molar-refractivity contribution >= 4 is 41.6 Å². The molecule has 0 aromatic heterocycles. The Kier molecular flexibility index (Phi) is 51.1. The molecule has 0 spiro atoms. The van der Waals surface area contributed by atoms with E-state index in [0.717, 1.165) is 0 Å². The molecule has 0 saturated heterocycles. The minimum atomic E-state index is -5.17. The van der Waals surface area contributed by atoms with Gasteiger partial charge in [0.25, 0.3) is 0 Å². The SMILES string of the molecule is O=S(=O)([O-])[O-].O=S(=O)([O-])[O-].O=S(=O)([O-])[O-].O=S(=O)([O-])[O-].[Ce].[NH4+].[NH4+].[NH4+].[NH4+]. The summed E-state index contributed by atoms with van der Waals surface area (Å²) in [6.07, 6.45) is 0. The molecule has 0 rings (SSSR count). The van der Waals surface area contributed by atoms with E-state index in [1.807, 2.05) is 0 Å². The standard InChI is InChI=1S/Ce.4H3N.4H2O4S/c;;;;;4*1-5(2,3)4/h;4*1H3;4*(H2,1,2,3,4)/p-4. The van der Waals surface area contributed by atoms with Crippen LogP contribution in [0.3, 0.4) is 0 Å². The van der Waals surface area contributed by atoms with Crippen molar-refractivity contribution in [3.8, 4) is 0 Å². The third kappa shape index (κ3) is 26200. The van der Waals surface area contributed by atoms with E-state index >= 15 is 0 Å².